The predicted molar refractivity (Wildman–Crippen MR) is 92.5 cm³/mol. The minimum absolute atomic E-state index is 0.0607. The van der Waals surface area contributed by atoms with Gasteiger partial charge >= 0.3 is 0 Å². The Labute approximate surface area is 136 Å². The van der Waals surface area contributed by atoms with E-state index in [4.69, 9.17) is 0 Å². The van der Waals surface area contributed by atoms with Gasteiger partial charge in [0.05, 0.1) is 11.3 Å². The first-order valence-corrected chi connectivity index (χ1v) is 7.85. The molecule has 0 spiro atoms. The molecule has 0 aliphatic rings. The van der Waals surface area contributed by atoms with E-state index < -0.39 is 0 Å². The van der Waals surface area contributed by atoms with Gasteiger partial charge in [-0.05, 0) is 37.0 Å². The van der Waals surface area contributed by atoms with Crippen LogP contribution in [-0.4, -0.2) is 18.9 Å². The van der Waals surface area contributed by atoms with E-state index in [-0.39, 0.29) is 11.8 Å². The Balaban J connectivity index is 1.80. The molecule has 0 heterocycles. The Morgan fingerprint density at radius 2 is 1.61 bits per heavy atom. The summed E-state index contributed by atoms with van der Waals surface area (Å²) in [6, 6.07) is 17.3. The van der Waals surface area contributed by atoms with Crippen LogP contribution in [0.1, 0.15) is 35.2 Å². The molecule has 2 rings (SSSR count). The summed E-state index contributed by atoms with van der Waals surface area (Å²) in [6.07, 6.45) is 3.22. The Hall–Kier alpha value is -2.62. The second-order valence-corrected chi connectivity index (χ2v) is 5.37. The standard InChI is InChI=1S/C19H22N2O2/c1-20-19(23)16-12-6-7-13-17(16)21-18(22)14-8-5-11-15-9-3-2-4-10-15/h2-4,6-7,9-10,12-13H,5,8,11,14H2,1H3,(H,20,23)(H,21,22). The number of carbonyl (C=O) groups excluding carboxylic acids is 2. The van der Waals surface area contributed by atoms with Crippen LogP contribution in [0.3, 0.4) is 0 Å². The summed E-state index contributed by atoms with van der Waals surface area (Å²) in [6.45, 7) is 0. The first-order chi connectivity index (χ1) is 11.2. The van der Waals surface area contributed by atoms with Crippen LogP contribution < -0.4 is 10.6 Å². The highest BCUT2D eigenvalue weighted by Gasteiger charge is 2.11. The average molecular weight is 310 g/mol. The lowest BCUT2D eigenvalue weighted by Crippen LogP contribution is -2.21. The highest BCUT2D eigenvalue weighted by atomic mass is 16.2. The highest BCUT2D eigenvalue weighted by Crippen LogP contribution is 2.15. The van der Waals surface area contributed by atoms with Gasteiger partial charge in [-0.1, -0.05) is 42.5 Å². The molecule has 2 aromatic rings. The Morgan fingerprint density at radius 1 is 0.913 bits per heavy atom. The van der Waals surface area contributed by atoms with Gasteiger partial charge in [0.2, 0.25) is 5.91 Å². The zero-order valence-electron chi connectivity index (χ0n) is 13.3. The van der Waals surface area contributed by atoms with Gasteiger partial charge in [0, 0.05) is 13.5 Å². The zero-order valence-corrected chi connectivity index (χ0v) is 13.3. The normalized spacial score (nSPS) is 10.1. The van der Waals surface area contributed by atoms with Gasteiger partial charge in [-0.15, -0.1) is 0 Å². The molecule has 2 aromatic carbocycles. The molecule has 0 saturated carbocycles. The summed E-state index contributed by atoms with van der Waals surface area (Å²) in [5.41, 5.74) is 2.32. The molecular weight excluding hydrogens is 288 g/mol. The molecule has 120 valence electrons. The van der Waals surface area contributed by atoms with Crippen molar-refractivity contribution in [2.24, 2.45) is 0 Å². The summed E-state index contributed by atoms with van der Waals surface area (Å²) in [4.78, 5) is 23.8. The molecule has 0 bridgehead atoms. The number of amides is 2. The number of para-hydroxylation sites is 1. The van der Waals surface area contributed by atoms with Crippen LogP contribution in [0.4, 0.5) is 5.69 Å². The van der Waals surface area contributed by atoms with Gasteiger partial charge in [0.15, 0.2) is 0 Å². The quantitative estimate of drug-likeness (QED) is 0.770. The first kappa shape index (κ1) is 16.7. The van der Waals surface area contributed by atoms with E-state index in [0.717, 1.165) is 19.3 Å². The number of nitrogens with one attached hydrogen (secondary N) is 2. The summed E-state index contributed by atoms with van der Waals surface area (Å²) in [5, 5.41) is 5.40. The van der Waals surface area contributed by atoms with Crippen LogP contribution in [0.2, 0.25) is 0 Å². The van der Waals surface area contributed by atoms with E-state index in [1.165, 1.54) is 5.56 Å². The van der Waals surface area contributed by atoms with E-state index in [1.807, 2.05) is 18.2 Å². The van der Waals surface area contributed by atoms with Crippen molar-refractivity contribution in [1.29, 1.82) is 0 Å². The fourth-order valence-electron chi connectivity index (χ4n) is 2.40. The number of anilines is 1. The largest absolute Gasteiger partial charge is 0.355 e. The van der Waals surface area contributed by atoms with E-state index in [1.54, 1.807) is 31.3 Å². The third-order valence-electron chi connectivity index (χ3n) is 3.63. The second-order valence-electron chi connectivity index (χ2n) is 5.37. The summed E-state index contributed by atoms with van der Waals surface area (Å²) < 4.78 is 0. The Bertz CT molecular complexity index is 653. The maximum Gasteiger partial charge on any atom is 0.253 e. The number of hydrogen-bond donors (Lipinski definition) is 2. The number of hydrogen-bond acceptors (Lipinski definition) is 2. The molecule has 4 nitrogen and oxygen atoms in total. The van der Waals surface area contributed by atoms with Crippen molar-refractivity contribution in [3.05, 3.63) is 65.7 Å². The molecule has 0 aromatic heterocycles. The van der Waals surface area contributed by atoms with Crippen LogP contribution in [0.5, 0.6) is 0 Å². The molecule has 0 radical (unpaired) electrons. The summed E-state index contributed by atoms with van der Waals surface area (Å²) in [7, 11) is 1.57. The SMILES string of the molecule is CNC(=O)c1ccccc1NC(=O)CCCCc1ccccc1. The van der Waals surface area contributed by atoms with Gasteiger partial charge in [-0.2, -0.15) is 0 Å². The van der Waals surface area contributed by atoms with Gasteiger partial charge in [0.25, 0.3) is 5.91 Å². The molecule has 23 heavy (non-hydrogen) atoms. The van der Waals surface area contributed by atoms with E-state index in [2.05, 4.69) is 22.8 Å². The molecule has 0 unspecified atom stereocenters. The first-order valence-electron chi connectivity index (χ1n) is 7.85. The minimum Gasteiger partial charge on any atom is -0.355 e. The topological polar surface area (TPSA) is 58.2 Å². The van der Waals surface area contributed by atoms with E-state index >= 15 is 0 Å². The lowest BCUT2D eigenvalue weighted by atomic mass is 10.1. The molecule has 0 aliphatic carbocycles. The molecule has 0 fully saturated rings. The van der Waals surface area contributed by atoms with Crippen LogP contribution in [-0.2, 0) is 11.2 Å². The van der Waals surface area contributed by atoms with Crippen molar-refractivity contribution in [2.45, 2.75) is 25.7 Å². The number of benzene rings is 2. The Morgan fingerprint density at radius 3 is 2.35 bits per heavy atom. The minimum atomic E-state index is -0.204. The van der Waals surface area contributed by atoms with Gasteiger partial charge in [-0.25, -0.2) is 0 Å². The molecule has 2 N–H and O–H groups in total. The fourth-order valence-corrected chi connectivity index (χ4v) is 2.40. The van der Waals surface area contributed by atoms with Crippen LogP contribution in [0.25, 0.3) is 0 Å². The van der Waals surface area contributed by atoms with Crippen molar-refractivity contribution in [1.82, 2.24) is 5.32 Å². The van der Waals surface area contributed by atoms with E-state index in [0.29, 0.717) is 17.7 Å². The van der Waals surface area contributed by atoms with Gasteiger partial charge in [-0.3, -0.25) is 9.59 Å². The number of unbranched alkanes of at least 4 members (excludes halogenated alkanes) is 1. The van der Waals surface area contributed by atoms with Crippen LogP contribution in [0.15, 0.2) is 54.6 Å². The zero-order chi connectivity index (χ0) is 16.5. The third-order valence-corrected chi connectivity index (χ3v) is 3.63. The van der Waals surface area contributed by atoms with Crippen LogP contribution >= 0.6 is 0 Å². The van der Waals surface area contributed by atoms with Crippen molar-refractivity contribution >= 4 is 17.5 Å². The number of rotatable bonds is 7. The van der Waals surface area contributed by atoms with E-state index in [9.17, 15) is 9.59 Å². The fraction of sp³-hybridized carbons (Fsp3) is 0.263. The second kappa shape index (κ2) is 8.73. The van der Waals surface area contributed by atoms with Gasteiger partial charge in [0.1, 0.15) is 0 Å². The molecule has 0 saturated heterocycles. The molecular formula is C19H22N2O2. The molecule has 4 heteroatoms. The van der Waals surface area contributed by atoms with Crippen LogP contribution in [0, 0.1) is 0 Å². The number of carbonyl (C=O) groups is 2. The summed E-state index contributed by atoms with van der Waals surface area (Å²) in [5.74, 6) is -0.264. The monoisotopic (exact) mass is 310 g/mol. The smallest absolute Gasteiger partial charge is 0.253 e. The van der Waals surface area contributed by atoms with Crippen molar-refractivity contribution < 1.29 is 9.59 Å². The lowest BCUT2D eigenvalue weighted by Gasteiger charge is -2.10. The van der Waals surface area contributed by atoms with Crippen molar-refractivity contribution in [3.63, 3.8) is 0 Å². The molecule has 0 aliphatic heterocycles. The third kappa shape index (κ3) is 5.25. The van der Waals surface area contributed by atoms with Crippen molar-refractivity contribution in [2.75, 3.05) is 12.4 Å². The van der Waals surface area contributed by atoms with Gasteiger partial charge < -0.3 is 10.6 Å². The molecule has 2 amide bonds. The maximum atomic E-state index is 12.0. The van der Waals surface area contributed by atoms with Crippen molar-refractivity contribution in [3.8, 4) is 0 Å². The lowest BCUT2D eigenvalue weighted by molar-refractivity contribution is -0.116. The maximum absolute atomic E-state index is 12.0. The number of aryl methyl sites for hydroxylation is 1. The Kier molecular flexibility index (Phi) is 6.36. The average Bonchev–Trinajstić information content (AvgIpc) is 2.59. The predicted octanol–water partition coefficient (Wildman–Crippen LogP) is 3.40. The highest BCUT2D eigenvalue weighted by molar-refractivity contribution is 6.03. The summed E-state index contributed by atoms with van der Waals surface area (Å²) >= 11 is 0. The molecule has 0 atom stereocenters.